The largest absolute Gasteiger partial charge is 0.495 e. The monoisotopic (exact) mass is 326 g/mol. The number of sulfonamides is 1. The average molecular weight is 326 g/mol. The van der Waals surface area contributed by atoms with E-state index in [2.05, 4.69) is 0 Å². The minimum absolute atomic E-state index is 0.154. The Labute approximate surface area is 129 Å². The number of nitrogens with zero attached hydrogens (tertiary/aromatic N) is 1. The average Bonchev–Trinajstić information content (AvgIpc) is 2.99. The maximum atomic E-state index is 12.7. The summed E-state index contributed by atoms with van der Waals surface area (Å²) in [5, 5.41) is 1.92. The van der Waals surface area contributed by atoms with Crippen molar-refractivity contribution in [3.8, 4) is 5.75 Å². The summed E-state index contributed by atoms with van der Waals surface area (Å²) >= 11 is 1.52. The first-order valence-electron chi connectivity index (χ1n) is 6.34. The zero-order chi connectivity index (χ0) is 15.5. The minimum Gasteiger partial charge on any atom is -0.495 e. The van der Waals surface area contributed by atoms with Crippen LogP contribution in [-0.2, 0) is 23.1 Å². The molecule has 0 amide bonds. The molecule has 2 aromatic rings. The summed E-state index contributed by atoms with van der Waals surface area (Å²) < 4.78 is 31.8. The molecule has 1 heterocycles. The Balaban J connectivity index is 2.34. The van der Waals surface area contributed by atoms with E-state index in [0.717, 1.165) is 10.4 Å². The molecule has 0 saturated carbocycles. The number of ether oxygens (including phenoxy) is 1. The second-order valence-electron chi connectivity index (χ2n) is 4.53. The molecule has 0 radical (unpaired) electrons. The summed E-state index contributed by atoms with van der Waals surface area (Å²) in [6.45, 7) is 0.670. The van der Waals surface area contributed by atoms with Crippen LogP contribution in [-0.4, -0.2) is 26.9 Å². The lowest BCUT2D eigenvalue weighted by atomic mass is 10.2. The van der Waals surface area contributed by atoms with E-state index in [-0.39, 0.29) is 4.90 Å². The molecule has 2 rings (SSSR count). The molecule has 0 aliphatic rings. The van der Waals surface area contributed by atoms with Crippen molar-refractivity contribution in [3.05, 3.63) is 46.2 Å². The van der Waals surface area contributed by atoms with Gasteiger partial charge in [-0.25, -0.2) is 8.42 Å². The SMILES string of the molecule is COc1cc(CN)ccc1S(=O)(=O)N(C)Cc1cccs1. The van der Waals surface area contributed by atoms with Crippen LogP contribution in [0.15, 0.2) is 40.6 Å². The summed E-state index contributed by atoms with van der Waals surface area (Å²) in [6, 6.07) is 8.71. The summed E-state index contributed by atoms with van der Waals surface area (Å²) in [5.41, 5.74) is 6.39. The molecule has 5 nitrogen and oxygen atoms in total. The highest BCUT2D eigenvalue weighted by Crippen LogP contribution is 2.28. The van der Waals surface area contributed by atoms with Gasteiger partial charge in [0, 0.05) is 25.0 Å². The molecule has 1 aromatic carbocycles. The van der Waals surface area contributed by atoms with E-state index in [4.69, 9.17) is 10.5 Å². The Morgan fingerprint density at radius 2 is 2.10 bits per heavy atom. The normalized spacial score (nSPS) is 11.8. The fourth-order valence-electron chi connectivity index (χ4n) is 1.93. The molecule has 1 aromatic heterocycles. The van der Waals surface area contributed by atoms with Crippen LogP contribution in [0.4, 0.5) is 0 Å². The van der Waals surface area contributed by atoms with Crippen molar-refractivity contribution >= 4 is 21.4 Å². The van der Waals surface area contributed by atoms with Gasteiger partial charge in [0.2, 0.25) is 10.0 Å². The molecule has 114 valence electrons. The fourth-order valence-corrected chi connectivity index (χ4v) is 4.05. The van der Waals surface area contributed by atoms with E-state index in [0.29, 0.717) is 18.8 Å². The van der Waals surface area contributed by atoms with Gasteiger partial charge in [0.05, 0.1) is 7.11 Å². The van der Waals surface area contributed by atoms with Gasteiger partial charge in [-0.15, -0.1) is 11.3 Å². The van der Waals surface area contributed by atoms with Crippen LogP contribution >= 0.6 is 11.3 Å². The molecule has 0 atom stereocenters. The van der Waals surface area contributed by atoms with Crippen molar-refractivity contribution in [1.29, 1.82) is 0 Å². The molecular weight excluding hydrogens is 308 g/mol. The summed E-state index contributed by atoms with van der Waals surface area (Å²) in [4.78, 5) is 1.14. The minimum atomic E-state index is -3.61. The zero-order valence-corrected chi connectivity index (χ0v) is 13.6. The van der Waals surface area contributed by atoms with Crippen molar-refractivity contribution in [2.24, 2.45) is 5.73 Å². The number of hydrogen-bond acceptors (Lipinski definition) is 5. The maximum absolute atomic E-state index is 12.7. The quantitative estimate of drug-likeness (QED) is 0.881. The van der Waals surface area contributed by atoms with E-state index in [1.54, 1.807) is 25.2 Å². The third-order valence-electron chi connectivity index (χ3n) is 3.11. The van der Waals surface area contributed by atoms with Crippen molar-refractivity contribution in [1.82, 2.24) is 4.31 Å². The van der Waals surface area contributed by atoms with Gasteiger partial charge in [0.25, 0.3) is 0 Å². The van der Waals surface area contributed by atoms with E-state index in [1.807, 2.05) is 17.5 Å². The third-order valence-corrected chi connectivity index (χ3v) is 5.81. The highest BCUT2D eigenvalue weighted by atomic mass is 32.2. The van der Waals surface area contributed by atoms with Crippen molar-refractivity contribution in [2.45, 2.75) is 18.0 Å². The second-order valence-corrected chi connectivity index (χ2v) is 7.58. The topological polar surface area (TPSA) is 72.6 Å². The summed E-state index contributed by atoms with van der Waals surface area (Å²) in [5.74, 6) is 0.316. The second kappa shape index (κ2) is 6.57. The van der Waals surface area contributed by atoms with Crippen molar-refractivity contribution in [2.75, 3.05) is 14.2 Å². The number of thiophene rings is 1. The predicted molar refractivity (Wildman–Crippen MR) is 83.9 cm³/mol. The Bertz CT molecular complexity index is 697. The van der Waals surface area contributed by atoms with Gasteiger partial charge in [0.15, 0.2) is 0 Å². The maximum Gasteiger partial charge on any atom is 0.246 e. The highest BCUT2D eigenvalue weighted by Gasteiger charge is 2.25. The molecular formula is C14H18N2O3S2. The Kier molecular flexibility index (Phi) is 5.00. The van der Waals surface area contributed by atoms with Crippen molar-refractivity contribution < 1.29 is 13.2 Å². The molecule has 0 unspecified atom stereocenters. The van der Waals surface area contributed by atoms with Gasteiger partial charge < -0.3 is 10.5 Å². The number of benzene rings is 1. The first kappa shape index (κ1) is 16.0. The fraction of sp³-hybridized carbons (Fsp3) is 0.286. The molecule has 0 aliphatic heterocycles. The van der Waals surface area contributed by atoms with Crippen LogP contribution in [0.1, 0.15) is 10.4 Å². The Morgan fingerprint density at radius 3 is 2.67 bits per heavy atom. The number of rotatable bonds is 6. The van der Waals surface area contributed by atoms with Crippen LogP contribution in [0.25, 0.3) is 0 Å². The van der Waals surface area contributed by atoms with Crippen molar-refractivity contribution in [3.63, 3.8) is 0 Å². The van der Waals surface area contributed by atoms with Gasteiger partial charge in [-0.05, 0) is 29.1 Å². The van der Waals surface area contributed by atoms with E-state index in [1.165, 1.54) is 22.8 Å². The Morgan fingerprint density at radius 1 is 1.33 bits per heavy atom. The molecule has 0 spiro atoms. The lowest BCUT2D eigenvalue weighted by Crippen LogP contribution is -2.26. The zero-order valence-electron chi connectivity index (χ0n) is 11.9. The van der Waals surface area contributed by atoms with Gasteiger partial charge in [-0.1, -0.05) is 12.1 Å². The molecule has 0 fully saturated rings. The molecule has 2 N–H and O–H groups in total. The first-order chi connectivity index (χ1) is 9.98. The lowest BCUT2D eigenvalue weighted by molar-refractivity contribution is 0.397. The lowest BCUT2D eigenvalue weighted by Gasteiger charge is -2.18. The van der Waals surface area contributed by atoms with Gasteiger partial charge in [0.1, 0.15) is 10.6 Å². The first-order valence-corrected chi connectivity index (χ1v) is 8.66. The highest BCUT2D eigenvalue weighted by molar-refractivity contribution is 7.89. The van der Waals surface area contributed by atoms with Crippen LogP contribution in [0.3, 0.4) is 0 Å². The summed E-state index contributed by atoms with van der Waals surface area (Å²) in [7, 11) is -0.595. The number of methoxy groups -OCH3 is 1. The van der Waals surface area contributed by atoms with Crippen LogP contribution in [0.5, 0.6) is 5.75 Å². The van der Waals surface area contributed by atoms with Crippen LogP contribution < -0.4 is 10.5 Å². The molecule has 0 bridgehead atoms. The smallest absolute Gasteiger partial charge is 0.246 e. The third kappa shape index (κ3) is 3.44. The van der Waals surface area contributed by atoms with E-state index in [9.17, 15) is 8.42 Å². The van der Waals surface area contributed by atoms with Crippen LogP contribution in [0.2, 0.25) is 0 Å². The number of hydrogen-bond donors (Lipinski definition) is 1. The van der Waals surface area contributed by atoms with E-state index >= 15 is 0 Å². The van der Waals surface area contributed by atoms with Gasteiger partial charge in [-0.2, -0.15) is 4.31 Å². The predicted octanol–water partition coefficient (Wildman–Crippen LogP) is 2.04. The van der Waals surface area contributed by atoms with Crippen LogP contribution in [0, 0.1) is 0 Å². The van der Waals surface area contributed by atoms with Gasteiger partial charge in [-0.3, -0.25) is 0 Å². The Hall–Kier alpha value is -1.41. The molecule has 0 saturated heterocycles. The molecule has 7 heteroatoms. The molecule has 21 heavy (non-hydrogen) atoms. The van der Waals surface area contributed by atoms with Gasteiger partial charge >= 0.3 is 0 Å². The number of nitrogens with two attached hydrogens (primary N) is 1. The molecule has 0 aliphatic carbocycles. The standard InChI is InChI=1S/C14H18N2O3S2/c1-16(10-12-4-3-7-20-12)21(17,18)14-6-5-11(9-15)8-13(14)19-2/h3-8H,9-10,15H2,1-2H3. The summed E-state index contributed by atoms with van der Waals surface area (Å²) in [6.07, 6.45) is 0. The van der Waals surface area contributed by atoms with E-state index < -0.39 is 10.0 Å².